The molecule has 186 valence electrons. The second-order valence-electron chi connectivity index (χ2n) is 9.84. The molecule has 3 aliphatic carbocycles. The maximum Gasteiger partial charge on any atom is 0.416 e. The molecule has 3 aromatic rings. The predicted molar refractivity (Wildman–Crippen MR) is 121 cm³/mol. The lowest BCUT2D eigenvalue weighted by Gasteiger charge is -2.51. The molecule has 2 aromatic carbocycles. The highest BCUT2D eigenvalue weighted by atomic mass is 19.4. The normalized spacial score (nSPS) is 24.9. The average molecular weight is 491 g/mol. The van der Waals surface area contributed by atoms with Crippen LogP contribution < -0.4 is 10.6 Å². The van der Waals surface area contributed by atoms with E-state index in [0.29, 0.717) is 60.9 Å². The fourth-order valence-electron chi connectivity index (χ4n) is 5.24. The molecule has 0 radical (unpaired) electrons. The number of amides is 2. The number of urea groups is 1. The van der Waals surface area contributed by atoms with Crippen LogP contribution in [-0.2, 0) is 12.6 Å². The molecule has 1 heterocycles. The van der Waals surface area contributed by atoms with Gasteiger partial charge in [-0.2, -0.15) is 13.2 Å². The second kappa shape index (κ2) is 8.51. The van der Waals surface area contributed by atoms with E-state index in [0.717, 1.165) is 12.1 Å². The number of rotatable bonds is 5. The first kappa shape index (κ1) is 23.6. The zero-order valence-corrected chi connectivity index (χ0v) is 18.9. The number of aromatic amines is 1. The van der Waals surface area contributed by atoms with Crippen molar-refractivity contribution in [3.05, 3.63) is 65.2 Å². The fourth-order valence-corrected chi connectivity index (χ4v) is 5.24. The van der Waals surface area contributed by atoms with Crippen molar-refractivity contribution in [1.29, 1.82) is 0 Å². The Labute approximate surface area is 199 Å². The number of hydrogen-bond acceptors (Lipinski definition) is 3. The number of carbonyl (C=O) groups is 1. The molecule has 0 aliphatic heterocycles. The summed E-state index contributed by atoms with van der Waals surface area (Å²) >= 11 is 0. The Morgan fingerprint density at radius 1 is 1.06 bits per heavy atom. The van der Waals surface area contributed by atoms with Crippen LogP contribution in [0.5, 0.6) is 0 Å². The molecule has 1 aromatic heterocycles. The highest BCUT2D eigenvalue weighted by Gasteiger charge is 2.48. The number of aromatic nitrogens is 2. The Balaban J connectivity index is 1.37. The molecule has 0 saturated heterocycles. The molecule has 6 nitrogen and oxygen atoms in total. The van der Waals surface area contributed by atoms with E-state index >= 15 is 0 Å². The Morgan fingerprint density at radius 2 is 1.71 bits per heavy atom. The molecule has 35 heavy (non-hydrogen) atoms. The number of carbonyl (C=O) groups excluding carboxylic acids is 1. The Kier molecular flexibility index (Phi) is 5.74. The van der Waals surface area contributed by atoms with Gasteiger partial charge < -0.3 is 20.7 Å². The van der Waals surface area contributed by atoms with Crippen molar-refractivity contribution in [2.75, 3.05) is 0 Å². The van der Waals surface area contributed by atoms with Gasteiger partial charge in [-0.1, -0.05) is 12.1 Å². The number of nitrogens with one attached hydrogen (secondary N) is 3. The Bertz CT molecular complexity index is 1210. The van der Waals surface area contributed by atoms with Crippen molar-refractivity contribution in [1.82, 2.24) is 20.6 Å². The standard InChI is InChI=1S/C25H26F4N4O2/c26-17-5-6-18-19(14-17)31-21(30-18)20(13-15-1-3-16(4-2-15)25(27,28)29)32-22(34)33-23-7-10-24(35,11-8-23)12-9-23/h1-6,14,20,35H,7-13H2,(H,30,31)(H2,32,33,34)/t20-,23?,24?/m1/s1. The van der Waals surface area contributed by atoms with Crippen molar-refractivity contribution in [3.63, 3.8) is 0 Å². The number of halogens is 4. The summed E-state index contributed by atoms with van der Waals surface area (Å²) in [6.07, 6.45) is -0.295. The molecule has 6 rings (SSSR count). The first-order chi connectivity index (χ1) is 16.5. The van der Waals surface area contributed by atoms with E-state index in [-0.39, 0.29) is 12.0 Å². The van der Waals surface area contributed by atoms with Gasteiger partial charge in [0.05, 0.1) is 28.2 Å². The summed E-state index contributed by atoms with van der Waals surface area (Å²) in [6.45, 7) is 0. The first-order valence-corrected chi connectivity index (χ1v) is 11.7. The van der Waals surface area contributed by atoms with Crippen LogP contribution in [0.3, 0.4) is 0 Å². The van der Waals surface area contributed by atoms with Gasteiger partial charge in [0.25, 0.3) is 0 Å². The van der Waals surface area contributed by atoms with Crippen LogP contribution in [0.15, 0.2) is 42.5 Å². The summed E-state index contributed by atoms with van der Waals surface area (Å²) in [5.41, 5.74) is -0.223. The molecule has 3 fully saturated rings. The summed E-state index contributed by atoms with van der Waals surface area (Å²) in [7, 11) is 0. The molecule has 10 heteroatoms. The van der Waals surface area contributed by atoms with Gasteiger partial charge in [-0.3, -0.25) is 0 Å². The highest BCUT2D eigenvalue weighted by molar-refractivity contribution is 5.77. The van der Waals surface area contributed by atoms with Crippen molar-refractivity contribution in [2.24, 2.45) is 0 Å². The average Bonchev–Trinajstić information content (AvgIpc) is 3.23. The predicted octanol–water partition coefficient (Wildman–Crippen LogP) is 5.14. The smallest absolute Gasteiger partial charge is 0.390 e. The number of alkyl halides is 3. The van der Waals surface area contributed by atoms with Gasteiger partial charge >= 0.3 is 12.2 Å². The van der Waals surface area contributed by atoms with Gasteiger partial charge in [0.15, 0.2) is 0 Å². The molecule has 3 saturated carbocycles. The van der Waals surface area contributed by atoms with E-state index in [4.69, 9.17) is 0 Å². The van der Waals surface area contributed by atoms with E-state index in [2.05, 4.69) is 20.6 Å². The maximum absolute atomic E-state index is 13.7. The third-order valence-corrected chi connectivity index (χ3v) is 7.40. The zero-order valence-electron chi connectivity index (χ0n) is 18.9. The summed E-state index contributed by atoms with van der Waals surface area (Å²) in [6, 6.07) is 7.75. The number of aliphatic hydroxyl groups is 1. The number of nitrogens with zero attached hydrogens (tertiary/aromatic N) is 1. The monoisotopic (exact) mass is 490 g/mol. The van der Waals surface area contributed by atoms with Crippen LogP contribution in [0.2, 0.25) is 0 Å². The molecule has 3 aliphatic rings. The van der Waals surface area contributed by atoms with Gasteiger partial charge in [-0.15, -0.1) is 0 Å². The Morgan fingerprint density at radius 3 is 2.34 bits per heavy atom. The summed E-state index contributed by atoms with van der Waals surface area (Å²) < 4.78 is 52.6. The number of H-pyrrole nitrogens is 1. The lowest BCUT2D eigenvalue weighted by atomic mass is 9.63. The molecule has 0 spiro atoms. The number of imidazole rings is 1. The largest absolute Gasteiger partial charge is 0.416 e. The zero-order chi connectivity index (χ0) is 24.8. The van der Waals surface area contributed by atoms with Crippen LogP contribution >= 0.6 is 0 Å². The summed E-state index contributed by atoms with van der Waals surface area (Å²) in [5, 5.41) is 16.4. The Hall–Kier alpha value is -3.14. The minimum Gasteiger partial charge on any atom is -0.390 e. The lowest BCUT2D eigenvalue weighted by molar-refractivity contribution is -0.137. The summed E-state index contributed by atoms with van der Waals surface area (Å²) in [5.74, 6) is -0.0637. The van der Waals surface area contributed by atoms with Crippen LogP contribution in [0.1, 0.15) is 61.5 Å². The van der Waals surface area contributed by atoms with Crippen LogP contribution in [0.4, 0.5) is 22.4 Å². The summed E-state index contributed by atoms with van der Waals surface area (Å²) in [4.78, 5) is 20.6. The van der Waals surface area contributed by atoms with E-state index in [9.17, 15) is 27.5 Å². The molecular formula is C25H26F4N4O2. The molecule has 2 amide bonds. The second-order valence-corrected chi connectivity index (χ2v) is 9.84. The SMILES string of the molecule is O=C(N[C@H](Cc1ccc(C(F)(F)F)cc1)c1nc2ccc(F)cc2[nH]1)NC12CCC(O)(CC1)CC2. The minimum absolute atomic E-state index is 0.181. The van der Waals surface area contributed by atoms with Crippen LogP contribution in [0, 0.1) is 5.82 Å². The maximum atomic E-state index is 13.7. The van der Waals surface area contributed by atoms with Crippen molar-refractivity contribution in [2.45, 2.75) is 68.3 Å². The van der Waals surface area contributed by atoms with E-state index in [1.54, 1.807) is 0 Å². The van der Waals surface area contributed by atoms with Gasteiger partial charge in [0.1, 0.15) is 11.6 Å². The van der Waals surface area contributed by atoms with Crippen molar-refractivity contribution < 1.29 is 27.5 Å². The number of benzene rings is 2. The van der Waals surface area contributed by atoms with E-state index < -0.39 is 35.2 Å². The quantitative estimate of drug-likeness (QED) is 0.373. The highest BCUT2D eigenvalue weighted by Crippen LogP contribution is 2.46. The molecule has 2 bridgehead atoms. The third kappa shape index (κ3) is 4.98. The molecule has 0 unspecified atom stereocenters. The molecule has 1 atom stereocenters. The van der Waals surface area contributed by atoms with Crippen LogP contribution in [0.25, 0.3) is 11.0 Å². The van der Waals surface area contributed by atoms with E-state index in [1.807, 2.05) is 0 Å². The number of hydrogen-bond donors (Lipinski definition) is 4. The lowest BCUT2D eigenvalue weighted by Crippen LogP contribution is -2.60. The van der Waals surface area contributed by atoms with Gasteiger partial charge in [0.2, 0.25) is 0 Å². The molecule has 4 N–H and O–H groups in total. The fraction of sp³-hybridized carbons (Fsp3) is 0.440. The van der Waals surface area contributed by atoms with Crippen molar-refractivity contribution in [3.8, 4) is 0 Å². The van der Waals surface area contributed by atoms with E-state index in [1.165, 1.54) is 30.3 Å². The van der Waals surface area contributed by atoms with Gasteiger partial charge in [-0.25, -0.2) is 14.2 Å². The van der Waals surface area contributed by atoms with Crippen molar-refractivity contribution >= 4 is 17.1 Å². The van der Waals surface area contributed by atoms with Gasteiger partial charge in [0, 0.05) is 5.54 Å². The third-order valence-electron chi connectivity index (χ3n) is 7.40. The topological polar surface area (TPSA) is 90.0 Å². The number of fused-ring (bicyclic) bond motifs is 4. The first-order valence-electron chi connectivity index (χ1n) is 11.7. The minimum atomic E-state index is -4.44. The van der Waals surface area contributed by atoms with Gasteiger partial charge in [-0.05, 0) is 80.8 Å². The van der Waals surface area contributed by atoms with Crippen LogP contribution in [-0.4, -0.2) is 32.2 Å². The molecular weight excluding hydrogens is 464 g/mol.